The average molecular weight is 189 g/mol. The van der Waals surface area contributed by atoms with Gasteiger partial charge in [0.05, 0.1) is 6.42 Å². The maximum absolute atomic E-state index is 10.2. The highest BCUT2D eigenvalue weighted by molar-refractivity contribution is 5.67. The van der Waals surface area contributed by atoms with Crippen molar-refractivity contribution in [2.45, 2.75) is 12.8 Å². The Labute approximate surface area is 82.6 Å². The van der Waals surface area contributed by atoms with Gasteiger partial charge >= 0.3 is 5.97 Å². The topological polar surface area (TPSA) is 63.3 Å². The summed E-state index contributed by atoms with van der Waals surface area (Å²) in [7, 11) is 0. The second-order valence-electron chi connectivity index (χ2n) is 2.82. The predicted molar refractivity (Wildman–Crippen MR) is 54.6 cm³/mol. The number of benzene rings is 1. The van der Waals surface area contributed by atoms with Crippen LogP contribution >= 0.6 is 0 Å². The van der Waals surface area contributed by atoms with Crippen LogP contribution in [0.4, 0.5) is 5.69 Å². The Kier molecular flexibility index (Phi) is 3.57. The average Bonchev–Trinajstić information content (AvgIpc) is 2.15. The zero-order valence-corrected chi connectivity index (χ0v) is 7.66. The van der Waals surface area contributed by atoms with Crippen LogP contribution in [-0.4, -0.2) is 11.1 Å². The van der Waals surface area contributed by atoms with E-state index in [4.69, 9.17) is 10.8 Å². The molecule has 1 aromatic carbocycles. The first-order valence-electron chi connectivity index (χ1n) is 4.24. The quantitative estimate of drug-likeness (QED) is 0.547. The van der Waals surface area contributed by atoms with Crippen LogP contribution in [0.25, 0.3) is 0 Å². The van der Waals surface area contributed by atoms with Crippen LogP contribution in [0.1, 0.15) is 18.4 Å². The van der Waals surface area contributed by atoms with Crippen molar-refractivity contribution in [1.29, 1.82) is 0 Å². The smallest absolute Gasteiger partial charge is 0.304 e. The molecule has 0 saturated heterocycles. The number of carboxylic acid groups (broad SMARTS) is 1. The van der Waals surface area contributed by atoms with Gasteiger partial charge in [-0.2, -0.15) is 0 Å². The lowest BCUT2D eigenvalue weighted by Gasteiger charge is -1.91. The molecule has 0 spiro atoms. The standard InChI is InChI=1S/C11H11NO2/c12-10-7-5-9(6-8-10)3-1-2-4-11(13)14/h5-8H,2,4,12H2,(H,13,14). The van der Waals surface area contributed by atoms with Gasteiger partial charge in [0, 0.05) is 17.7 Å². The van der Waals surface area contributed by atoms with Gasteiger partial charge < -0.3 is 10.8 Å². The van der Waals surface area contributed by atoms with Gasteiger partial charge in [-0.1, -0.05) is 11.8 Å². The molecule has 0 aromatic heterocycles. The van der Waals surface area contributed by atoms with Crippen LogP contribution < -0.4 is 5.73 Å². The summed E-state index contributed by atoms with van der Waals surface area (Å²) in [6, 6.07) is 7.15. The van der Waals surface area contributed by atoms with E-state index in [-0.39, 0.29) is 6.42 Å². The number of carbonyl (C=O) groups is 1. The number of hydrogen-bond donors (Lipinski definition) is 2. The summed E-state index contributed by atoms with van der Waals surface area (Å²) in [5.41, 5.74) is 7.04. The minimum Gasteiger partial charge on any atom is -0.481 e. The highest BCUT2D eigenvalue weighted by Gasteiger charge is 1.91. The van der Waals surface area contributed by atoms with Crippen LogP contribution in [-0.2, 0) is 4.79 Å². The van der Waals surface area contributed by atoms with Crippen LogP contribution in [0.5, 0.6) is 0 Å². The molecular formula is C11H11NO2. The minimum atomic E-state index is -0.823. The Morgan fingerprint density at radius 3 is 2.57 bits per heavy atom. The first-order valence-corrected chi connectivity index (χ1v) is 4.24. The van der Waals surface area contributed by atoms with E-state index in [1.807, 2.05) is 12.1 Å². The van der Waals surface area contributed by atoms with Crippen LogP contribution in [0.2, 0.25) is 0 Å². The molecule has 0 aliphatic rings. The monoisotopic (exact) mass is 189 g/mol. The molecule has 0 atom stereocenters. The Balaban J connectivity index is 2.51. The second kappa shape index (κ2) is 4.93. The SMILES string of the molecule is Nc1ccc(C#CCCC(=O)O)cc1. The highest BCUT2D eigenvalue weighted by Crippen LogP contribution is 2.03. The third kappa shape index (κ3) is 3.63. The van der Waals surface area contributed by atoms with E-state index in [1.165, 1.54) is 0 Å². The van der Waals surface area contributed by atoms with E-state index >= 15 is 0 Å². The molecule has 0 fully saturated rings. The van der Waals surface area contributed by atoms with Crippen molar-refractivity contribution in [2.75, 3.05) is 5.73 Å². The number of anilines is 1. The van der Waals surface area contributed by atoms with E-state index in [0.29, 0.717) is 12.1 Å². The van der Waals surface area contributed by atoms with Gasteiger partial charge in [-0.15, -0.1) is 0 Å². The Morgan fingerprint density at radius 2 is 2.00 bits per heavy atom. The Bertz CT molecular complexity index is 371. The molecular weight excluding hydrogens is 178 g/mol. The maximum Gasteiger partial charge on any atom is 0.304 e. The summed E-state index contributed by atoms with van der Waals surface area (Å²) in [5, 5.41) is 8.36. The summed E-state index contributed by atoms with van der Waals surface area (Å²) < 4.78 is 0. The molecule has 1 aromatic rings. The summed E-state index contributed by atoms with van der Waals surface area (Å²) in [6.45, 7) is 0. The first kappa shape index (κ1) is 10.1. The van der Waals surface area contributed by atoms with Crippen LogP contribution in [0.15, 0.2) is 24.3 Å². The van der Waals surface area contributed by atoms with E-state index < -0.39 is 5.97 Å². The van der Waals surface area contributed by atoms with Crippen LogP contribution in [0.3, 0.4) is 0 Å². The normalized spacial score (nSPS) is 8.86. The van der Waals surface area contributed by atoms with E-state index in [1.54, 1.807) is 12.1 Å². The van der Waals surface area contributed by atoms with Gasteiger partial charge in [-0.3, -0.25) is 4.79 Å². The number of nitrogen functional groups attached to an aromatic ring is 1. The van der Waals surface area contributed by atoms with Crippen molar-refractivity contribution in [3.05, 3.63) is 29.8 Å². The third-order valence-corrected chi connectivity index (χ3v) is 1.61. The molecule has 0 aliphatic carbocycles. The van der Waals surface area contributed by atoms with Crippen LogP contribution in [0, 0.1) is 11.8 Å². The minimum absolute atomic E-state index is 0.0853. The molecule has 0 bridgehead atoms. The number of rotatable bonds is 2. The number of carboxylic acids is 1. The van der Waals surface area contributed by atoms with Crippen molar-refractivity contribution in [2.24, 2.45) is 0 Å². The van der Waals surface area contributed by atoms with Gasteiger partial charge in [-0.25, -0.2) is 0 Å². The molecule has 1 rings (SSSR count). The van der Waals surface area contributed by atoms with E-state index in [2.05, 4.69) is 11.8 Å². The zero-order chi connectivity index (χ0) is 10.4. The fourth-order valence-electron chi connectivity index (χ4n) is 0.900. The molecule has 3 heteroatoms. The fourth-order valence-corrected chi connectivity index (χ4v) is 0.900. The maximum atomic E-state index is 10.2. The van der Waals surface area contributed by atoms with Gasteiger partial charge in [0.15, 0.2) is 0 Å². The molecule has 0 unspecified atom stereocenters. The molecule has 3 N–H and O–H groups in total. The fraction of sp³-hybridized carbons (Fsp3) is 0.182. The molecule has 0 heterocycles. The molecule has 72 valence electrons. The highest BCUT2D eigenvalue weighted by atomic mass is 16.4. The Hall–Kier alpha value is -1.95. The molecule has 0 aliphatic heterocycles. The van der Waals surface area contributed by atoms with Gasteiger partial charge in [0.2, 0.25) is 0 Å². The summed E-state index contributed by atoms with van der Waals surface area (Å²) in [6.07, 6.45) is 0.460. The summed E-state index contributed by atoms with van der Waals surface area (Å²) in [4.78, 5) is 10.2. The largest absolute Gasteiger partial charge is 0.481 e. The Morgan fingerprint density at radius 1 is 1.36 bits per heavy atom. The first-order chi connectivity index (χ1) is 6.68. The number of aliphatic carboxylic acids is 1. The molecule has 0 amide bonds. The summed E-state index contributed by atoms with van der Waals surface area (Å²) >= 11 is 0. The second-order valence-corrected chi connectivity index (χ2v) is 2.82. The lowest BCUT2D eigenvalue weighted by molar-refractivity contribution is -0.136. The molecule has 3 nitrogen and oxygen atoms in total. The van der Waals surface area contributed by atoms with Crippen molar-refractivity contribution in [1.82, 2.24) is 0 Å². The third-order valence-electron chi connectivity index (χ3n) is 1.61. The van der Waals surface area contributed by atoms with Crippen molar-refractivity contribution in [3.8, 4) is 11.8 Å². The van der Waals surface area contributed by atoms with Crippen molar-refractivity contribution >= 4 is 11.7 Å². The lowest BCUT2D eigenvalue weighted by atomic mass is 10.2. The van der Waals surface area contributed by atoms with Gasteiger partial charge in [0.1, 0.15) is 0 Å². The molecule has 0 saturated carbocycles. The van der Waals surface area contributed by atoms with Crippen molar-refractivity contribution in [3.63, 3.8) is 0 Å². The molecule has 0 radical (unpaired) electrons. The number of hydrogen-bond acceptors (Lipinski definition) is 2. The van der Waals surface area contributed by atoms with E-state index in [9.17, 15) is 4.79 Å². The van der Waals surface area contributed by atoms with Gasteiger partial charge in [-0.05, 0) is 24.3 Å². The summed E-state index contributed by atoms with van der Waals surface area (Å²) in [5.74, 6) is 4.82. The number of nitrogens with two attached hydrogens (primary N) is 1. The van der Waals surface area contributed by atoms with E-state index in [0.717, 1.165) is 5.56 Å². The zero-order valence-electron chi connectivity index (χ0n) is 7.66. The van der Waals surface area contributed by atoms with Crippen molar-refractivity contribution < 1.29 is 9.90 Å². The molecule has 14 heavy (non-hydrogen) atoms. The van der Waals surface area contributed by atoms with Gasteiger partial charge in [0.25, 0.3) is 0 Å². The predicted octanol–water partition coefficient (Wildman–Crippen LogP) is 1.49. The lowest BCUT2D eigenvalue weighted by Crippen LogP contribution is -1.91.